The van der Waals surface area contributed by atoms with E-state index in [1.807, 2.05) is 20.8 Å². The van der Waals surface area contributed by atoms with Crippen LogP contribution in [0.1, 0.15) is 20.8 Å². The van der Waals surface area contributed by atoms with Crippen molar-refractivity contribution < 1.29 is 14.3 Å². The van der Waals surface area contributed by atoms with E-state index >= 15 is 0 Å². The quantitative estimate of drug-likeness (QED) is 0.824. The molecule has 0 unspecified atom stereocenters. The first-order chi connectivity index (χ1) is 7.79. The average Bonchev–Trinajstić information content (AvgIpc) is 2.15. The molecule has 0 spiro atoms. The summed E-state index contributed by atoms with van der Waals surface area (Å²) in [6.07, 6.45) is 0. The van der Waals surface area contributed by atoms with E-state index in [1.165, 1.54) is 6.07 Å². The monoisotopic (exact) mass is 255 g/mol. The van der Waals surface area contributed by atoms with Gasteiger partial charge in [0, 0.05) is 28.8 Å². The third-order valence-corrected chi connectivity index (χ3v) is 2.05. The molecule has 0 heterocycles. The lowest BCUT2D eigenvalue weighted by molar-refractivity contribution is -0.123. The topological polar surface area (TPSA) is 55.4 Å². The molecule has 0 saturated carbocycles. The average molecular weight is 256 g/mol. The zero-order valence-corrected chi connectivity index (χ0v) is 10.7. The van der Waals surface area contributed by atoms with Gasteiger partial charge in [-0.1, -0.05) is 26.8 Å². The molecule has 0 radical (unpaired) electrons. The van der Waals surface area contributed by atoms with Crippen LogP contribution in [0, 0.1) is 5.41 Å². The summed E-state index contributed by atoms with van der Waals surface area (Å²) >= 11 is 5.09. The van der Waals surface area contributed by atoms with Crippen molar-refractivity contribution in [3.05, 3.63) is 24.3 Å². The first-order valence-electron chi connectivity index (χ1n) is 5.08. The van der Waals surface area contributed by atoms with Gasteiger partial charge in [0.05, 0.1) is 0 Å². The molecular formula is C12H14ClNO3. The van der Waals surface area contributed by atoms with Gasteiger partial charge in [0.2, 0.25) is 5.91 Å². The largest absolute Gasteiger partial charge is 0.414 e. The highest BCUT2D eigenvalue weighted by molar-refractivity contribution is 6.61. The number of amides is 1. The molecule has 92 valence electrons. The molecule has 1 amide bonds. The number of ether oxygens (including phenoxy) is 1. The summed E-state index contributed by atoms with van der Waals surface area (Å²) in [5, 5.41) is 2.72. The van der Waals surface area contributed by atoms with Crippen molar-refractivity contribution >= 4 is 28.6 Å². The van der Waals surface area contributed by atoms with Crippen LogP contribution in [0.2, 0.25) is 0 Å². The second kappa shape index (κ2) is 5.19. The summed E-state index contributed by atoms with van der Waals surface area (Å²) in [4.78, 5) is 22.3. The lowest BCUT2D eigenvalue weighted by atomic mass is 9.95. The van der Waals surface area contributed by atoms with Gasteiger partial charge in [-0.15, -0.1) is 0 Å². The highest BCUT2D eigenvalue weighted by Crippen LogP contribution is 2.21. The molecule has 4 nitrogen and oxygen atoms in total. The molecule has 17 heavy (non-hydrogen) atoms. The fourth-order valence-corrected chi connectivity index (χ4v) is 1.14. The van der Waals surface area contributed by atoms with Crippen LogP contribution in [0.5, 0.6) is 5.75 Å². The van der Waals surface area contributed by atoms with Crippen molar-refractivity contribution in [2.75, 3.05) is 5.32 Å². The summed E-state index contributed by atoms with van der Waals surface area (Å²) in [7, 11) is 0. The van der Waals surface area contributed by atoms with E-state index < -0.39 is 10.8 Å². The Morgan fingerprint density at radius 3 is 2.47 bits per heavy atom. The summed E-state index contributed by atoms with van der Waals surface area (Å²) < 4.78 is 4.70. The van der Waals surface area contributed by atoms with Crippen LogP contribution < -0.4 is 10.1 Å². The van der Waals surface area contributed by atoms with Gasteiger partial charge in [-0.2, -0.15) is 0 Å². The fourth-order valence-electron chi connectivity index (χ4n) is 1.05. The van der Waals surface area contributed by atoms with Gasteiger partial charge in [-0.05, 0) is 12.1 Å². The molecule has 0 aliphatic heterocycles. The summed E-state index contributed by atoms with van der Waals surface area (Å²) in [5.74, 6) is 0.170. The van der Waals surface area contributed by atoms with Gasteiger partial charge in [0.15, 0.2) is 0 Å². The number of anilines is 1. The number of benzene rings is 1. The van der Waals surface area contributed by atoms with Gasteiger partial charge in [0.1, 0.15) is 5.75 Å². The first kappa shape index (κ1) is 13.5. The van der Waals surface area contributed by atoms with Gasteiger partial charge < -0.3 is 10.1 Å². The maximum absolute atomic E-state index is 11.7. The molecule has 1 aromatic carbocycles. The van der Waals surface area contributed by atoms with E-state index in [2.05, 4.69) is 5.32 Å². The van der Waals surface area contributed by atoms with Gasteiger partial charge in [-0.25, -0.2) is 4.79 Å². The van der Waals surface area contributed by atoms with Crippen molar-refractivity contribution in [3.8, 4) is 5.75 Å². The Kier molecular flexibility index (Phi) is 4.12. The Morgan fingerprint density at radius 2 is 1.94 bits per heavy atom. The third kappa shape index (κ3) is 4.44. The molecule has 1 N–H and O–H groups in total. The van der Waals surface area contributed by atoms with Gasteiger partial charge >= 0.3 is 5.43 Å². The number of hydrogen-bond donors (Lipinski definition) is 1. The van der Waals surface area contributed by atoms with Crippen molar-refractivity contribution in [1.82, 2.24) is 0 Å². The van der Waals surface area contributed by atoms with Crippen LogP contribution in [-0.2, 0) is 4.79 Å². The van der Waals surface area contributed by atoms with E-state index in [9.17, 15) is 9.59 Å². The summed E-state index contributed by atoms with van der Waals surface area (Å²) in [6.45, 7) is 5.43. The van der Waals surface area contributed by atoms with Crippen LogP contribution >= 0.6 is 11.6 Å². The van der Waals surface area contributed by atoms with Crippen LogP contribution in [0.25, 0.3) is 0 Å². The van der Waals surface area contributed by atoms with Crippen LogP contribution in [0.15, 0.2) is 24.3 Å². The fraction of sp³-hybridized carbons (Fsp3) is 0.333. The van der Waals surface area contributed by atoms with Gasteiger partial charge in [0.25, 0.3) is 0 Å². The Hall–Kier alpha value is -1.55. The van der Waals surface area contributed by atoms with Crippen molar-refractivity contribution in [1.29, 1.82) is 0 Å². The molecule has 0 saturated heterocycles. The molecule has 0 bridgehead atoms. The Morgan fingerprint density at radius 1 is 1.29 bits per heavy atom. The highest BCUT2D eigenvalue weighted by Gasteiger charge is 2.21. The zero-order valence-electron chi connectivity index (χ0n) is 9.91. The molecule has 0 fully saturated rings. The molecule has 0 aliphatic rings. The molecular weight excluding hydrogens is 242 g/mol. The number of hydrogen-bond acceptors (Lipinski definition) is 3. The Balaban J connectivity index is 2.79. The molecule has 0 atom stereocenters. The van der Waals surface area contributed by atoms with Crippen LogP contribution in [0.3, 0.4) is 0 Å². The highest BCUT2D eigenvalue weighted by atomic mass is 35.5. The minimum Gasteiger partial charge on any atom is -0.414 e. The smallest absolute Gasteiger partial charge is 0.409 e. The SMILES string of the molecule is CC(C)(C)C(=O)Nc1cccc(OC(=O)Cl)c1. The molecule has 1 aromatic rings. The zero-order chi connectivity index (χ0) is 13.1. The maximum Gasteiger partial charge on any atom is 0.409 e. The van der Waals surface area contributed by atoms with Crippen LogP contribution in [-0.4, -0.2) is 11.3 Å². The standard InChI is InChI=1S/C12H14ClNO3/c1-12(2,3)10(15)14-8-5-4-6-9(7-8)17-11(13)16/h4-7H,1-3H3,(H,14,15). The number of carbonyl (C=O) groups is 2. The van der Waals surface area contributed by atoms with E-state index in [0.29, 0.717) is 5.69 Å². The number of rotatable bonds is 2. The lowest BCUT2D eigenvalue weighted by Gasteiger charge is -2.17. The van der Waals surface area contributed by atoms with E-state index in [0.717, 1.165) is 0 Å². The summed E-state index contributed by atoms with van der Waals surface area (Å²) in [5.41, 5.74) is -0.844. The lowest BCUT2D eigenvalue weighted by Crippen LogP contribution is -2.27. The van der Waals surface area contributed by atoms with Crippen molar-refractivity contribution in [2.24, 2.45) is 5.41 Å². The minimum atomic E-state index is -0.913. The number of nitrogens with one attached hydrogen (secondary N) is 1. The summed E-state index contributed by atoms with van der Waals surface area (Å²) in [6, 6.07) is 6.47. The molecule has 1 rings (SSSR count). The normalized spacial score (nSPS) is 10.8. The van der Waals surface area contributed by atoms with Crippen LogP contribution in [0.4, 0.5) is 10.5 Å². The molecule has 0 aliphatic carbocycles. The Labute approximate surface area is 105 Å². The second-order valence-electron chi connectivity index (χ2n) is 4.57. The Bertz CT molecular complexity index is 438. The van der Waals surface area contributed by atoms with E-state index in [-0.39, 0.29) is 11.7 Å². The third-order valence-electron chi connectivity index (χ3n) is 1.97. The molecule has 0 aromatic heterocycles. The second-order valence-corrected chi connectivity index (χ2v) is 4.88. The van der Waals surface area contributed by atoms with Gasteiger partial charge in [-0.3, -0.25) is 4.79 Å². The van der Waals surface area contributed by atoms with Crippen molar-refractivity contribution in [2.45, 2.75) is 20.8 Å². The van der Waals surface area contributed by atoms with E-state index in [1.54, 1.807) is 18.2 Å². The molecule has 5 heteroatoms. The predicted octanol–water partition coefficient (Wildman–Crippen LogP) is 3.41. The predicted molar refractivity (Wildman–Crippen MR) is 66.4 cm³/mol. The van der Waals surface area contributed by atoms with E-state index in [4.69, 9.17) is 16.3 Å². The van der Waals surface area contributed by atoms with Crippen molar-refractivity contribution in [3.63, 3.8) is 0 Å². The minimum absolute atomic E-state index is 0.119. The maximum atomic E-state index is 11.7. The number of carbonyl (C=O) groups excluding carboxylic acids is 2. The number of halogens is 1. The first-order valence-corrected chi connectivity index (χ1v) is 5.45.